The van der Waals surface area contributed by atoms with Crippen molar-refractivity contribution in [3.05, 3.63) is 144 Å². The zero-order valence-electron chi connectivity index (χ0n) is 29.7. The summed E-state index contributed by atoms with van der Waals surface area (Å²) in [4.78, 5) is 58.4. The Kier molecular flexibility index (Phi) is 9.76. The number of likely N-dealkylation sites (tertiary alicyclic amines) is 2. The van der Waals surface area contributed by atoms with E-state index in [4.69, 9.17) is 4.98 Å². The van der Waals surface area contributed by atoms with Crippen molar-refractivity contribution in [3.8, 4) is 33.6 Å². The van der Waals surface area contributed by atoms with Crippen molar-refractivity contribution in [1.29, 1.82) is 0 Å². The van der Waals surface area contributed by atoms with E-state index < -0.39 is 12.1 Å². The number of rotatable bonds is 10. The summed E-state index contributed by atoms with van der Waals surface area (Å²) >= 11 is 0. The first-order chi connectivity index (χ1) is 26.4. The van der Waals surface area contributed by atoms with E-state index in [1.54, 1.807) is 35.4 Å². The number of carbonyl (C=O) groups is 3. The molecular weight excluding hydrogens is 679 g/mol. The lowest BCUT2D eigenvalue weighted by molar-refractivity contribution is -0.134. The van der Waals surface area contributed by atoms with E-state index in [1.165, 1.54) is 0 Å². The molecule has 0 saturated carbocycles. The molecular formula is C43H41N7O4. The molecule has 0 bridgehead atoms. The molecule has 4 N–H and O–H groups in total. The first kappa shape index (κ1) is 34.6. The van der Waals surface area contributed by atoms with Crippen LogP contribution in [0.5, 0.6) is 0 Å². The molecule has 3 atom stereocenters. The van der Waals surface area contributed by atoms with Crippen molar-refractivity contribution in [1.82, 2.24) is 35.1 Å². The van der Waals surface area contributed by atoms with Crippen LogP contribution in [-0.2, 0) is 16.0 Å². The quantitative estimate of drug-likeness (QED) is 0.114. The second-order valence-corrected chi connectivity index (χ2v) is 13.9. The maximum atomic E-state index is 13.7. The predicted octanol–water partition coefficient (Wildman–Crippen LogP) is 7.71. The molecule has 0 spiro atoms. The minimum Gasteiger partial charge on any atom is -0.465 e. The third-order valence-electron chi connectivity index (χ3n) is 10.5. The molecule has 11 heteroatoms. The van der Waals surface area contributed by atoms with Gasteiger partial charge in [-0.05, 0) is 59.1 Å². The zero-order chi connectivity index (χ0) is 37.0. The molecule has 4 heterocycles. The Morgan fingerprint density at radius 3 is 1.69 bits per heavy atom. The van der Waals surface area contributed by atoms with Gasteiger partial charge in [-0.1, -0.05) is 109 Å². The number of imidazole rings is 2. The number of aromatic nitrogens is 4. The van der Waals surface area contributed by atoms with Gasteiger partial charge < -0.3 is 30.2 Å². The summed E-state index contributed by atoms with van der Waals surface area (Å²) in [6.07, 6.45) is 6.16. The van der Waals surface area contributed by atoms with Crippen LogP contribution >= 0.6 is 0 Å². The molecule has 6 aromatic rings. The largest absolute Gasteiger partial charge is 0.465 e. The number of nitrogens with one attached hydrogen (secondary N) is 3. The number of amides is 3. The van der Waals surface area contributed by atoms with Gasteiger partial charge in [-0.15, -0.1) is 0 Å². The highest BCUT2D eigenvalue weighted by Gasteiger charge is 2.37. The molecule has 0 radical (unpaired) electrons. The summed E-state index contributed by atoms with van der Waals surface area (Å²) < 4.78 is 0. The van der Waals surface area contributed by atoms with Crippen molar-refractivity contribution in [2.24, 2.45) is 0 Å². The van der Waals surface area contributed by atoms with Gasteiger partial charge in [0.25, 0.3) is 5.91 Å². The first-order valence-electron chi connectivity index (χ1n) is 18.4. The monoisotopic (exact) mass is 719 g/mol. The van der Waals surface area contributed by atoms with Gasteiger partial charge in [-0.25, -0.2) is 14.8 Å². The van der Waals surface area contributed by atoms with Crippen LogP contribution in [0.3, 0.4) is 0 Å². The average Bonchev–Trinajstić information content (AvgIpc) is 4.04. The third kappa shape index (κ3) is 7.25. The fourth-order valence-corrected chi connectivity index (χ4v) is 7.75. The van der Waals surface area contributed by atoms with Gasteiger partial charge in [0.05, 0.1) is 42.3 Å². The zero-order valence-corrected chi connectivity index (χ0v) is 29.7. The lowest BCUT2D eigenvalue weighted by atomic mass is 10.0. The summed E-state index contributed by atoms with van der Waals surface area (Å²) in [7, 11) is 0. The Morgan fingerprint density at radius 2 is 1.15 bits per heavy atom. The molecule has 0 unspecified atom stereocenters. The van der Waals surface area contributed by atoms with Gasteiger partial charge >= 0.3 is 6.09 Å². The molecule has 2 saturated heterocycles. The van der Waals surface area contributed by atoms with Gasteiger partial charge in [0, 0.05) is 13.1 Å². The second kappa shape index (κ2) is 15.2. The van der Waals surface area contributed by atoms with E-state index in [0.29, 0.717) is 24.4 Å². The van der Waals surface area contributed by atoms with Gasteiger partial charge in [-0.2, -0.15) is 0 Å². The number of carboxylic acid groups (broad SMARTS) is 1. The lowest BCUT2D eigenvalue weighted by Gasteiger charge is -2.28. The highest BCUT2D eigenvalue weighted by Crippen LogP contribution is 2.35. The molecule has 4 aromatic carbocycles. The van der Waals surface area contributed by atoms with Crippen LogP contribution in [0.1, 0.15) is 66.6 Å². The molecule has 3 amide bonds. The van der Waals surface area contributed by atoms with E-state index in [9.17, 15) is 19.5 Å². The highest BCUT2D eigenvalue weighted by atomic mass is 16.4. The van der Waals surface area contributed by atoms with Crippen LogP contribution in [0.2, 0.25) is 0 Å². The minimum atomic E-state index is -1.25. The summed E-state index contributed by atoms with van der Waals surface area (Å²) in [6.45, 7) is 1.26. The fourth-order valence-electron chi connectivity index (χ4n) is 7.75. The van der Waals surface area contributed by atoms with Gasteiger partial charge in [0.1, 0.15) is 17.7 Å². The maximum absolute atomic E-state index is 13.7. The molecule has 2 aliphatic rings. The van der Waals surface area contributed by atoms with Gasteiger partial charge in [-0.3, -0.25) is 9.59 Å². The molecule has 8 rings (SSSR count). The lowest BCUT2D eigenvalue weighted by Crippen LogP contribution is -2.42. The number of hydrogen-bond acceptors (Lipinski definition) is 5. The highest BCUT2D eigenvalue weighted by molar-refractivity contribution is 5.87. The molecule has 2 fully saturated rings. The maximum Gasteiger partial charge on any atom is 0.405 e. The fraction of sp³-hybridized carbons (Fsp3) is 0.233. The van der Waals surface area contributed by atoms with E-state index in [-0.39, 0.29) is 23.9 Å². The van der Waals surface area contributed by atoms with Crippen LogP contribution in [0, 0.1) is 0 Å². The molecule has 2 aliphatic heterocycles. The number of nitrogens with zero attached hydrogens (tertiary/aromatic N) is 4. The number of aromatic amines is 2. The molecule has 2 aromatic heterocycles. The molecule has 272 valence electrons. The van der Waals surface area contributed by atoms with Crippen LogP contribution < -0.4 is 5.32 Å². The molecule has 0 aliphatic carbocycles. The van der Waals surface area contributed by atoms with Crippen LogP contribution in [0.15, 0.2) is 122 Å². The van der Waals surface area contributed by atoms with E-state index in [2.05, 4.69) is 56.7 Å². The van der Waals surface area contributed by atoms with Crippen LogP contribution in [0.25, 0.3) is 33.6 Å². The van der Waals surface area contributed by atoms with E-state index in [0.717, 1.165) is 77.3 Å². The normalized spacial score (nSPS) is 17.4. The number of benzene rings is 4. The Hall–Kier alpha value is -6.49. The topological polar surface area (TPSA) is 147 Å². The smallest absolute Gasteiger partial charge is 0.405 e. The van der Waals surface area contributed by atoms with Crippen molar-refractivity contribution in [3.63, 3.8) is 0 Å². The Morgan fingerprint density at radius 1 is 0.667 bits per heavy atom. The second-order valence-electron chi connectivity index (χ2n) is 13.9. The summed E-state index contributed by atoms with van der Waals surface area (Å²) in [5.74, 6) is 1.34. The summed E-state index contributed by atoms with van der Waals surface area (Å²) in [5.41, 5.74) is 7.51. The standard InChI is InChI=1S/C43H41N7O4/c51-38(25-28-9-3-1-4-10-28)49-23-7-13-36(49)40-44-26-34(46-40)31-19-15-29(16-20-31)30-17-21-32(22-18-30)35-27-45-41(47-35)37-14-8-24-50(37)42(52)39(48-43(53)54)33-11-5-2-6-12-33/h1-6,9-12,15-22,26-27,36-37,39,48H,7-8,13-14,23-25H2,(H,44,46)(H,45,47)(H,53,54)/t36-,37-,39+/m0/s1. The Labute approximate surface area is 313 Å². The van der Waals surface area contributed by atoms with Crippen molar-refractivity contribution in [2.75, 3.05) is 13.1 Å². The Bertz CT molecular complexity index is 2230. The number of carbonyl (C=O) groups excluding carboxylic acids is 2. The first-order valence-corrected chi connectivity index (χ1v) is 18.4. The average molecular weight is 720 g/mol. The molecule has 54 heavy (non-hydrogen) atoms. The van der Waals surface area contributed by atoms with Crippen molar-refractivity contribution >= 4 is 17.9 Å². The Balaban J connectivity index is 0.921. The van der Waals surface area contributed by atoms with Gasteiger partial charge in [0.2, 0.25) is 5.91 Å². The van der Waals surface area contributed by atoms with Gasteiger partial charge in [0.15, 0.2) is 0 Å². The SMILES string of the molecule is O=C(O)N[C@@H](C(=O)N1CCC[C@H]1c1ncc(-c2ccc(-c3ccc(-c4cnc([C@@H]5CCCN5C(=O)Cc5ccccc5)[nH]4)cc3)cc2)[nH]1)c1ccccc1. The van der Waals surface area contributed by atoms with Crippen LogP contribution in [-0.4, -0.2) is 65.8 Å². The third-order valence-corrected chi connectivity index (χ3v) is 10.5. The van der Waals surface area contributed by atoms with Crippen LogP contribution in [0.4, 0.5) is 4.79 Å². The minimum absolute atomic E-state index is 0.0496. The van der Waals surface area contributed by atoms with E-state index in [1.807, 2.05) is 59.6 Å². The number of H-pyrrole nitrogens is 2. The summed E-state index contributed by atoms with van der Waals surface area (Å²) in [5, 5.41) is 11.9. The van der Waals surface area contributed by atoms with E-state index >= 15 is 0 Å². The van der Waals surface area contributed by atoms with Crippen molar-refractivity contribution in [2.45, 2.75) is 50.2 Å². The van der Waals surface area contributed by atoms with Crippen molar-refractivity contribution < 1.29 is 19.5 Å². The number of hydrogen-bond donors (Lipinski definition) is 4. The predicted molar refractivity (Wildman–Crippen MR) is 205 cm³/mol. The molecule has 11 nitrogen and oxygen atoms in total. The summed E-state index contributed by atoms with van der Waals surface area (Å²) in [6, 6.07) is 34.1.